The zero-order chi connectivity index (χ0) is 16.9. The second-order valence-corrected chi connectivity index (χ2v) is 5.67. The molecule has 0 bridgehead atoms. The Morgan fingerprint density at radius 1 is 1.25 bits per heavy atom. The smallest absolute Gasteiger partial charge is 0.274 e. The lowest BCUT2D eigenvalue weighted by molar-refractivity contribution is 0.00359. The summed E-state index contributed by atoms with van der Waals surface area (Å²) in [5, 5.41) is 2.77. The van der Waals surface area contributed by atoms with Crippen LogP contribution in [-0.2, 0) is 4.74 Å². The summed E-state index contributed by atoms with van der Waals surface area (Å²) in [6.45, 7) is 3.63. The van der Waals surface area contributed by atoms with Crippen LogP contribution in [0.1, 0.15) is 27.8 Å². The number of nitrogens with zero attached hydrogens (tertiary/aromatic N) is 2. The van der Waals surface area contributed by atoms with Crippen LogP contribution in [0.2, 0.25) is 0 Å². The average Bonchev–Trinajstić information content (AvgIpc) is 2.62. The van der Waals surface area contributed by atoms with Crippen molar-refractivity contribution in [2.75, 3.05) is 25.1 Å². The summed E-state index contributed by atoms with van der Waals surface area (Å²) in [4.78, 5) is 30.6. The molecule has 2 aromatic rings. The van der Waals surface area contributed by atoms with Crippen molar-refractivity contribution in [2.24, 2.45) is 0 Å². The summed E-state index contributed by atoms with van der Waals surface area (Å²) in [6.07, 6.45) is 1.56. The van der Waals surface area contributed by atoms with Crippen molar-refractivity contribution in [1.82, 2.24) is 9.88 Å². The highest BCUT2D eigenvalue weighted by molar-refractivity contribution is 6.03. The average molecular weight is 325 g/mol. The summed E-state index contributed by atoms with van der Waals surface area (Å²) in [7, 11) is 0. The van der Waals surface area contributed by atoms with Crippen molar-refractivity contribution >= 4 is 17.5 Å². The Morgan fingerprint density at radius 2 is 2.12 bits per heavy atom. The van der Waals surface area contributed by atoms with Gasteiger partial charge in [0.25, 0.3) is 11.8 Å². The van der Waals surface area contributed by atoms with Gasteiger partial charge in [-0.05, 0) is 37.3 Å². The molecule has 0 saturated carbocycles. The van der Waals surface area contributed by atoms with Gasteiger partial charge in [0.15, 0.2) is 0 Å². The normalized spacial score (nSPS) is 17.4. The largest absolute Gasteiger partial charge is 0.377 e. The van der Waals surface area contributed by atoms with Crippen molar-refractivity contribution < 1.29 is 14.3 Å². The SMILES string of the molecule is CC1COCCN1C(=O)c1cccc(NC(=O)c2ccccn2)c1. The van der Waals surface area contributed by atoms with Gasteiger partial charge in [0, 0.05) is 24.0 Å². The van der Waals surface area contributed by atoms with E-state index in [-0.39, 0.29) is 17.9 Å². The Morgan fingerprint density at radius 3 is 2.88 bits per heavy atom. The lowest BCUT2D eigenvalue weighted by Crippen LogP contribution is -2.47. The monoisotopic (exact) mass is 325 g/mol. The first-order valence-corrected chi connectivity index (χ1v) is 7.86. The van der Waals surface area contributed by atoms with Crippen LogP contribution in [0.25, 0.3) is 0 Å². The predicted octanol–water partition coefficient (Wildman–Crippen LogP) is 2.19. The topological polar surface area (TPSA) is 71.5 Å². The predicted molar refractivity (Wildman–Crippen MR) is 89.9 cm³/mol. The molecule has 1 unspecified atom stereocenters. The highest BCUT2D eigenvalue weighted by Crippen LogP contribution is 2.16. The lowest BCUT2D eigenvalue weighted by Gasteiger charge is -2.33. The molecule has 1 aromatic carbocycles. The molecule has 0 radical (unpaired) electrons. The second kappa shape index (κ2) is 7.23. The van der Waals surface area contributed by atoms with Gasteiger partial charge in [-0.3, -0.25) is 14.6 Å². The van der Waals surface area contributed by atoms with E-state index in [0.717, 1.165) is 0 Å². The van der Waals surface area contributed by atoms with E-state index < -0.39 is 0 Å². The Hall–Kier alpha value is -2.73. The standard InChI is InChI=1S/C18H19N3O3/c1-13-12-24-10-9-21(13)18(23)14-5-4-6-15(11-14)20-17(22)16-7-2-3-8-19-16/h2-8,11,13H,9-10,12H2,1H3,(H,20,22). The molecule has 6 nitrogen and oxygen atoms in total. The molecule has 2 heterocycles. The molecule has 1 saturated heterocycles. The fourth-order valence-electron chi connectivity index (χ4n) is 2.62. The number of rotatable bonds is 3. The van der Waals surface area contributed by atoms with E-state index in [2.05, 4.69) is 10.3 Å². The van der Waals surface area contributed by atoms with Gasteiger partial charge in [0.2, 0.25) is 0 Å². The molecule has 1 aliphatic heterocycles. The molecular weight excluding hydrogens is 306 g/mol. The Balaban J connectivity index is 1.74. The molecule has 1 fully saturated rings. The first-order valence-electron chi connectivity index (χ1n) is 7.86. The van der Waals surface area contributed by atoms with Crippen LogP contribution in [0.3, 0.4) is 0 Å². The zero-order valence-corrected chi connectivity index (χ0v) is 13.4. The fourth-order valence-corrected chi connectivity index (χ4v) is 2.62. The summed E-state index contributed by atoms with van der Waals surface area (Å²) >= 11 is 0. The number of aromatic nitrogens is 1. The lowest BCUT2D eigenvalue weighted by atomic mass is 10.1. The van der Waals surface area contributed by atoms with Crippen molar-refractivity contribution in [3.63, 3.8) is 0 Å². The van der Waals surface area contributed by atoms with Gasteiger partial charge < -0.3 is 15.0 Å². The second-order valence-electron chi connectivity index (χ2n) is 5.67. The van der Waals surface area contributed by atoms with Crippen LogP contribution < -0.4 is 5.32 Å². The fraction of sp³-hybridized carbons (Fsp3) is 0.278. The minimum atomic E-state index is -0.306. The third-order valence-corrected chi connectivity index (χ3v) is 3.89. The third kappa shape index (κ3) is 3.60. The number of nitrogens with one attached hydrogen (secondary N) is 1. The number of hydrogen-bond donors (Lipinski definition) is 1. The first kappa shape index (κ1) is 16.1. The summed E-state index contributed by atoms with van der Waals surface area (Å²) in [5.41, 5.74) is 1.44. The molecule has 0 spiro atoms. The Kier molecular flexibility index (Phi) is 4.86. The molecule has 1 aliphatic rings. The van der Waals surface area contributed by atoms with Crippen LogP contribution in [0.5, 0.6) is 0 Å². The van der Waals surface area contributed by atoms with E-state index in [0.29, 0.717) is 36.7 Å². The molecule has 0 aliphatic carbocycles. The summed E-state index contributed by atoms with van der Waals surface area (Å²) in [5.74, 6) is -0.361. The van der Waals surface area contributed by atoms with Crippen LogP contribution >= 0.6 is 0 Å². The van der Waals surface area contributed by atoms with Crippen LogP contribution in [0, 0.1) is 0 Å². The van der Waals surface area contributed by atoms with Gasteiger partial charge in [-0.2, -0.15) is 0 Å². The Labute approximate surface area is 140 Å². The van der Waals surface area contributed by atoms with Crippen LogP contribution in [0.4, 0.5) is 5.69 Å². The van der Waals surface area contributed by atoms with Gasteiger partial charge in [-0.25, -0.2) is 0 Å². The van der Waals surface area contributed by atoms with Gasteiger partial charge in [0.1, 0.15) is 5.69 Å². The molecule has 24 heavy (non-hydrogen) atoms. The minimum absolute atomic E-state index is 0.0398. The maximum Gasteiger partial charge on any atom is 0.274 e. The molecule has 6 heteroatoms. The molecule has 1 N–H and O–H groups in total. The van der Waals surface area contributed by atoms with Gasteiger partial charge in [-0.1, -0.05) is 12.1 Å². The number of carbonyl (C=O) groups excluding carboxylic acids is 2. The summed E-state index contributed by atoms with van der Waals surface area (Å²) in [6, 6.07) is 12.1. The number of anilines is 1. The number of benzene rings is 1. The number of ether oxygens (including phenoxy) is 1. The maximum absolute atomic E-state index is 12.7. The number of carbonyl (C=O) groups is 2. The van der Waals surface area contributed by atoms with Crippen LogP contribution in [0.15, 0.2) is 48.7 Å². The van der Waals surface area contributed by atoms with Crippen molar-refractivity contribution in [3.05, 3.63) is 59.9 Å². The number of hydrogen-bond acceptors (Lipinski definition) is 4. The number of morpholine rings is 1. The quantitative estimate of drug-likeness (QED) is 0.939. The Bertz CT molecular complexity index is 733. The highest BCUT2D eigenvalue weighted by atomic mass is 16.5. The molecular formula is C18H19N3O3. The van der Waals surface area contributed by atoms with Gasteiger partial charge in [0.05, 0.1) is 19.3 Å². The van der Waals surface area contributed by atoms with E-state index in [4.69, 9.17) is 4.74 Å². The van der Waals surface area contributed by atoms with E-state index in [9.17, 15) is 9.59 Å². The zero-order valence-electron chi connectivity index (χ0n) is 13.4. The van der Waals surface area contributed by atoms with Crippen molar-refractivity contribution in [2.45, 2.75) is 13.0 Å². The summed E-state index contributed by atoms with van der Waals surface area (Å²) < 4.78 is 5.37. The minimum Gasteiger partial charge on any atom is -0.377 e. The van der Waals surface area contributed by atoms with Gasteiger partial charge >= 0.3 is 0 Å². The molecule has 1 aromatic heterocycles. The van der Waals surface area contributed by atoms with Gasteiger partial charge in [-0.15, -0.1) is 0 Å². The van der Waals surface area contributed by atoms with E-state index in [1.54, 1.807) is 53.6 Å². The molecule has 124 valence electrons. The molecule has 1 atom stereocenters. The van der Waals surface area contributed by atoms with Crippen molar-refractivity contribution in [3.8, 4) is 0 Å². The first-order chi connectivity index (χ1) is 11.6. The third-order valence-electron chi connectivity index (χ3n) is 3.89. The highest BCUT2D eigenvalue weighted by Gasteiger charge is 2.24. The molecule has 3 rings (SSSR count). The number of pyridine rings is 1. The van der Waals surface area contributed by atoms with E-state index >= 15 is 0 Å². The van der Waals surface area contributed by atoms with E-state index in [1.807, 2.05) is 6.92 Å². The van der Waals surface area contributed by atoms with Crippen molar-refractivity contribution in [1.29, 1.82) is 0 Å². The number of amides is 2. The van der Waals surface area contributed by atoms with Crippen LogP contribution in [-0.4, -0.2) is 47.5 Å². The maximum atomic E-state index is 12.7. The van der Waals surface area contributed by atoms with E-state index in [1.165, 1.54) is 0 Å². The molecule has 2 amide bonds.